The molecule has 0 bridgehead atoms. The molecule has 0 heterocycles. The monoisotopic (exact) mass is 395 g/mol. The largest absolute Gasteiger partial charge is 0.373 e. The van der Waals surface area contributed by atoms with Gasteiger partial charge in [-0.15, -0.1) is 0 Å². The summed E-state index contributed by atoms with van der Waals surface area (Å²) in [5.74, 6) is -0.416. The Morgan fingerprint density at radius 2 is 2.11 bits per heavy atom. The van der Waals surface area contributed by atoms with E-state index < -0.39 is 18.0 Å². The van der Waals surface area contributed by atoms with Crippen molar-refractivity contribution >= 4 is 51.8 Å². The second kappa shape index (κ2) is 7.54. The third-order valence-corrected chi connectivity index (χ3v) is 3.25. The minimum absolute atomic E-state index is 0.416. The first-order chi connectivity index (χ1) is 8.93. The number of carbonyl (C=O) groups excluding carboxylic acids is 2. The van der Waals surface area contributed by atoms with Gasteiger partial charge in [0.2, 0.25) is 5.91 Å². The number of benzene rings is 1. The first kappa shape index (κ1) is 16.0. The molecule has 0 radical (unpaired) electrons. The smallest absolute Gasteiger partial charge is 0.321 e. The Hall–Kier alpha value is -1.02. The van der Waals surface area contributed by atoms with Crippen molar-refractivity contribution in [3.8, 4) is 0 Å². The summed E-state index contributed by atoms with van der Waals surface area (Å²) in [6.07, 6.45) is 0. The maximum atomic E-state index is 11.7. The number of hydrogen-bond acceptors (Lipinski definition) is 3. The van der Waals surface area contributed by atoms with Gasteiger partial charge in [0.25, 0.3) is 0 Å². The molecule has 1 unspecified atom stereocenters. The topological polar surface area (TPSA) is 70.2 Å². The number of halogens is 2. The van der Waals surface area contributed by atoms with Crippen LogP contribution in [0.3, 0.4) is 0 Å². The first-order valence-electron chi connectivity index (χ1n) is 5.74. The Balaban J connectivity index is 2.61. The molecule has 0 fully saturated rings. The predicted molar refractivity (Wildman–Crippen MR) is 84.5 cm³/mol. The fourth-order valence-electron chi connectivity index (χ4n) is 1.33. The summed E-state index contributed by atoms with van der Waals surface area (Å²) in [5.41, 5.74) is 0.653. The van der Waals surface area contributed by atoms with Gasteiger partial charge in [-0.05, 0) is 54.6 Å². The Kier molecular flexibility index (Phi) is 6.36. The summed E-state index contributed by atoms with van der Waals surface area (Å²) in [6.45, 7) is 3.89. The number of nitrogens with one attached hydrogen (secondary N) is 3. The molecule has 0 aliphatic carbocycles. The lowest BCUT2D eigenvalue weighted by atomic mass is 10.2. The zero-order chi connectivity index (χ0) is 14.4. The van der Waals surface area contributed by atoms with Gasteiger partial charge < -0.3 is 10.6 Å². The normalized spacial score (nSPS) is 11.6. The van der Waals surface area contributed by atoms with Gasteiger partial charge in [0.05, 0.1) is 10.7 Å². The predicted octanol–water partition coefficient (Wildman–Crippen LogP) is 2.59. The van der Waals surface area contributed by atoms with Gasteiger partial charge in [-0.25, -0.2) is 4.79 Å². The lowest BCUT2D eigenvalue weighted by Gasteiger charge is -2.16. The summed E-state index contributed by atoms with van der Waals surface area (Å²) in [6, 6.07) is 4.39. The molecule has 104 valence electrons. The first-order valence-corrected chi connectivity index (χ1v) is 7.20. The molecule has 1 aromatic carbocycles. The van der Waals surface area contributed by atoms with E-state index in [0.717, 1.165) is 3.57 Å². The molecule has 0 aromatic heterocycles. The Labute approximate surface area is 130 Å². The number of amides is 3. The van der Waals surface area contributed by atoms with E-state index in [1.807, 2.05) is 6.07 Å². The van der Waals surface area contributed by atoms with Crippen molar-refractivity contribution in [3.05, 3.63) is 26.8 Å². The highest BCUT2D eigenvalue weighted by Gasteiger charge is 2.16. The zero-order valence-electron chi connectivity index (χ0n) is 10.6. The van der Waals surface area contributed by atoms with Crippen LogP contribution < -0.4 is 16.0 Å². The Morgan fingerprint density at radius 1 is 1.42 bits per heavy atom. The Morgan fingerprint density at radius 3 is 2.68 bits per heavy atom. The van der Waals surface area contributed by atoms with Gasteiger partial charge in [0, 0.05) is 10.1 Å². The molecular weight excluding hydrogens is 381 g/mol. The van der Waals surface area contributed by atoms with Crippen molar-refractivity contribution in [1.82, 2.24) is 10.6 Å². The van der Waals surface area contributed by atoms with Crippen molar-refractivity contribution in [2.45, 2.75) is 19.9 Å². The van der Waals surface area contributed by atoms with Gasteiger partial charge in [-0.1, -0.05) is 11.6 Å². The Bertz CT molecular complexity index is 482. The average molecular weight is 396 g/mol. The molecular formula is C12H15ClIN3O2. The van der Waals surface area contributed by atoms with E-state index in [2.05, 4.69) is 38.5 Å². The maximum absolute atomic E-state index is 11.7. The van der Waals surface area contributed by atoms with Crippen LogP contribution in [-0.2, 0) is 4.79 Å². The van der Waals surface area contributed by atoms with Gasteiger partial charge in [0.1, 0.15) is 6.04 Å². The molecule has 1 aromatic rings. The van der Waals surface area contributed by atoms with E-state index in [1.54, 1.807) is 26.0 Å². The highest BCUT2D eigenvalue weighted by molar-refractivity contribution is 14.1. The molecule has 7 heteroatoms. The van der Waals surface area contributed by atoms with Crippen molar-refractivity contribution in [1.29, 1.82) is 0 Å². The average Bonchev–Trinajstić information content (AvgIpc) is 2.32. The third-order valence-electron chi connectivity index (χ3n) is 2.27. The van der Waals surface area contributed by atoms with Crippen LogP contribution in [0, 0.1) is 3.57 Å². The van der Waals surface area contributed by atoms with Crippen LogP contribution in [0.4, 0.5) is 10.5 Å². The fourth-order valence-corrected chi connectivity index (χ4v) is 2.24. The quantitative estimate of drug-likeness (QED) is 0.686. The van der Waals surface area contributed by atoms with Crippen molar-refractivity contribution in [2.75, 3.05) is 11.9 Å². The lowest BCUT2D eigenvalue weighted by Crippen LogP contribution is -2.45. The molecule has 19 heavy (non-hydrogen) atoms. The number of anilines is 1. The van der Waals surface area contributed by atoms with Crippen LogP contribution in [0.5, 0.6) is 0 Å². The molecule has 0 spiro atoms. The van der Waals surface area contributed by atoms with Crippen molar-refractivity contribution in [3.63, 3.8) is 0 Å². The van der Waals surface area contributed by atoms with E-state index in [0.29, 0.717) is 17.3 Å². The van der Waals surface area contributed by atoms with E-state index in [4.69, 9.17) is 11.6 Å². The summed E-state index contributed by atoms with van der Waals surface area (Å²) >= 11 is 8.21. The molecule has 0 saturated carbocycles. The summed E-state index contributed by atoms with van der Waals surface area (Å²) < 4.78 is 1.01. The van der Waals surface area contributed by atoms with E-state index in [1.165, 1.54) is 0 Å². The molecule has 5 nitrogen and oxygen atoms in total. The second-order valence-electron chi connectivity index (χ2n) is 3.84. The molecule has 1 rings (SSSR count). The zero-order valence-corrected chi connectivity index (χ0v) is 13.5. The summed E-state index contributed by atoms with van der Waals surface area (Å²) in [4.78, 5) is 23.0. The lowest BCUT2D eigenvalue weighted by molar-refractivity contribution is -0.120. The van der Waals surface area contributed by atoms with Crippen LogP contribution in [0.1, 0.15) is 13.8 Å². The minimum atomic E-state index is -0.569. The number of rotatable bonds is 4. The van der Waals surface area contributed by atoms with Crippen LogP contribution in [-0.4, -0.2) is 24.5 Å². The van der Waals surface area contributed by atoms with Crippen molar-refractivity contribution in [2.24, 2.45) is 0 Å². The van der Waals surface area contributed by atoms with Gasteiger partial charge in [-0.2, -0.15) is 0 Å². The number of carbonyl (C=O) groups is 2. The van der Waals surface area contributed by atoms with Gasteiger partial charge >= 0.3 is 6.03 Å². The van der Waals surface area contributed by atoms with Crippen LogP contribution in [0.2, 0.25) is 5.02 Å². The van der Waals surface area contributed by atoms with Crippen LogP contribution in [0.15, 0.2) is 18.2 Å². The highest BCUT2D eigenvalue weighted by atomic mass is 127. The molecule has 1 atom stereocenters. The molecule has 3 amide bonds. The minimum Gasteiger partial charge on any atom is -0.373 e. The van der Waals surface area contributed by atoms with E-state index in [-0.39, 0.29) is 0 Å². The maximum Gasteiger partial charge on any atom is 0.321 e. The fraction of sp³-hybridized carbons (Fsp3) is 0.333. The number of imide groups is 1. The van der Waals surface area contributed by atoms with E-state index in [9.17, 15) is 9.59 Å². The standard InChI is InChI=1S/C12H15ClIN3O2/c1-3-15-12(19)17-11(18)7(2)16-10-5-4-8(14)6-9(10)13/h4-7,16H,3H2,1-2H3,(H2,15,17,18,19). The van der Waals surface area contributed by atoms with Gasteiger partial charge in [0.15, 0.2) is 0 Å². The van der Waals surface area contributed by atoms with Gasteiger partial charge in [-0.3, -0.25) is 10.1 Å². The number of hydrogen-bond donors (Lipinski definition) is 3. The van der Waals surface area contributed by atoms with Crippen LogP contribution in [0.25, 0.3) is 0 Å². The molecule has 0 aliphatic heterocycles. The molecule has 0 saturated heterocycles. The van der Waals surface area contributed by atoms with Crippen LogP contribution >= 0.6 is 34.2 Å². The SMILES string of the molecule is CCNC(=O)NC(=O)C(C)Nc1ccc(I)cc1Cl. The second-order valence-corrected chi connectivity index (χ2v) is 5.49. The summed E-state index contributed by atoms with van der Waals surface area (Å²) in [7, 11) is 0. The molecule has 0 aliphatic rings. The van der Waals surface area contributed by atoms with E-state index >= 15 is 0 Å². The molecule has 3 N–H and O–H groups in total. The highest BCUT2D eigenvalue weighted by Crippen LogP contribution is 2.24. The summed E-state index contributed by atoms with van der Waals surface area (Å²) in [5, 5.41) is 8.21. The number of urea groups is 1. The third kappa shape index (κ3) is 5.23. The van der Waals surface area contributed by atoms with Crippen molar-refractivity contribution < 1.29 is 9.59 Å².